The third kappa shape index (κ3) is 3.04. The fourth-order valence-electron chi connectivity index (χ4n) is 2.88. The highest BCUT2D eigenvalue weighted by molar-refractivity contribution is 7.10. The molecule has 0 aliphatic carbocycles. The van der Waals surface area contributed by atoms with E-state index < -0.39 is 6.29 Å². The Kier molecular flexibility index (Phi) is 4.81. The molecule has 0 aromatic carbocycles. The van der Waals surface area contributed by atoms with E-state index in [-0.39, 0.29) is 18.2 Å². The Labute approximate surface area is 133 Å². The summed E-state index contributed by atoms with van der Waals surface area (Å²) in [6.07, 6.45) is 0.173. The van der Waals surface area contributed by atoms with E-state index >= 15 is 0 Å². The monoisotopic (exact) mass is 324 g/mol. The maximum Gasteiger partial charge on any atom is 0.340 e. The van der Waals surface area contributed by atoms with Gasteiger partial charge in [0, 0.05) is 30.4 Å². The Morgan fingerprint density at radius 3 is 2.68 bits per heavy atom. The van der Waals surface area contributed by atoms with Gasteiger partial charge in [0.1, 0.15) is 5.76 Å². The highest BCUT2D eigenvalue weighted by Gasteiger charge is 2.41. The highest BCUT2D eigenvalue weighted by atomic mass is 32.1. The number of esters is 1. The Morgan fingerprint density at radius 1 is 1.23 bits per heavy atom. The molecule has 0 radical (unpaired) electrons. The zero-order valence-electron chi connectivity index (χ0n) is 12.7. The van der Waals surface area contributed by atoms with E-state index in [0.717, 1.165) is 4.88 Å². The zero-order chi connectivity index (χ0) is 15.5. The fraction of sp³-hybridized carbons (Fsp3) is 0.562. The first-order valence-electron chi connectivity index (χ1n) is 7.60. The summed E-state index contributed by atoms with van der Waals surface area (Å²) in [5.41, 5.74) is 0.620. The van der Waals surface area contributed by atoms with Crippen LogP contribution in [-0.4, -0.2) is 31.8 Å². The van der Waals surface area contributed by atoms with Gasteiger partial charge in [-0.25, -0.2) is 4.79 Å². The fourth-order valence-corrected chi connectivity index (χ4v) is 3.73. The number of ether oxygens (including phenoxy) is 4. The number of carbonyl (C=O) groups is 1. The van der Waals surface area contributed by atoms with Crippen molar-refractivity contribution in [1.29, 1.82) is 0 Å². The largest absolute Gasteiger partial charge is 0.468 e. The maximum atomic E-state index is 12.4. The summed E-state index contributed by atoms with van der Waals surface area (Å²) in [6.45, 7) is 4.87. The van der Waals surface area contributed by atoms with Crippen LogP contribution in [0.4, 0.5) is 0 Å². The lowest BCUT2D eigenvalue weighted by atomic mass is 9.88. The zero-order valence-corrected chi connectivity index (χ0v) is 13.6. The van der Waals surface area contributed by atoms with Gasteiger partial charge in [-0.1, -0.05) is 6.07 Å². The molecule has 1 aromatic heterocycles. The number of carbonyl (C=O) groups excluding carboxylic acids is 1. The molecule has 5 nitrogen and oxygen atoms in total. The number of hydrogen-bond donors (Lipinski definition) is 0. The average molecular weight is 324 g/mol. The van der Waals surface area contributed by atoms with Gasteiger partial charge in [-0.3, -0.25) is 0 Å². The standard InChI is InChI=1S/C16H20O5S/c1-3-18-13-8-10(12-6-5-7-22-12)15-11(20-13)9-14(19-4-2)21-16(15)17/h5-7,10,13-14H,3-4,8-9H2,1-2H3. The quantitative estimate of drug-likeness (QED) is 0.779. The van der Waals surface area contributed by atoms with E-state index in [2.05, 4.69) is 0 Å². The van der Waals surface area contributed by atoms with Crippen LogP contribution in [0.1, 0.15) is 37.5 Å². The lowest BCUT2D eigenvalue weighted by Gasteiger charge is -2.36. The molecule has 0 saturated heterocycles. The molecule has 3 unspecified atom stereocenters. The van der Waals surface area contributed by atoms with Crippen molar-refractivity contribution in [3.8, 4) is 0 Å². The molecule has 0 saturated carbocycles. The number of thiophene rings is 1. The molecule has 2 aliphatic heterocycles. The minimum absolute atomic E-state index is 0.0321. The second-order valence-corrected chi connectivity index (χ2v) is 6.12. The van der Waals surface area contributed by atoms with E-state index in [0.29, 0.717) is 37.4 Å². The maximum absolute atomic E-state index is 12.4. The van der Waals surface area contributed by atoms with Gasteiger partial charge in [-0.2, -0.15) is 0 Å². The molecule has 0 N–H and O–H groups in total. The van der Waals surface area contributed by atoms with Crippen molar-refractivity contribution in [2.75, 3.05) is 13.2 Å². The van der Waals surface area contributed by atoms with Crippen molar-refractivity contribution < 1.29 is 23.7 Å². The number of cyclic esters (lactones) is 1. The molecule has 120 valence electrons. The van der Waals surface area contributed by atoms with Gasteiger partial charge in [-0.15, -0.1) is 11.3 Å². The van der Waals surface area contributed by atoms with Gasteiger partial charge in [0.15, 0.2) is 6.29 Å². The van der Waals surface area contributed by atoms with Crippen molar-refractivity contribution in [2.45, 2.75) is 45.2 Å². The molecule has 6 heteroatoms. The lowest BCUT2D eigenvalue weighted by molar-refractivity contribution is -0.191. The molecule has 0 spiro atoms. The van der Waals surface area contributed by atoms with Gasteiger partial charge in [0.25, 0.3) is 0 Å². The SMILES string of the molecule is CCOC1CC2=C(C(=O)O1)C(c1cccs1)CC(OCC)O2. The molecule has 3 heterocycles. The summed E-state index contributed by atoms with van der Waals surface area (Å²) in [7, 11) is 0. The van der Waals surface area contributed by atoms with Crippen molar-refractivity contribution in [3.63, 3.8) is 0 Å². The molecule has 2 aliphatic rings. The molecule has 0 fully saturated rings. The molecule has 0 amide bonds. The second-order valence-electron chi connectivity index (χ2n) is 5.14. The predicted molar refractivity (Wildman–Crippen MR) is 81.3 cm³/mol. The van der Waals surface area contributed by atoms with Gasteiger partial charge < -0.3 is 18.9 Å². The van der Waals surface area contributed by atoms with Crippen LogP contribution in [0.5, 0.6) is 0 Å². The minimum Gasteiger partial charge on any atom is -0.468 e. The first kappa shape index (κ1) is 15.5. The first-order valence-corrected chi connectivity index (χ1v) is 8.48. The molecular weight excluding hydrogens is 304 g/mol. The number of hydrogen-bond acceptors (Lipinski definition) is 6. The van der Waals surface area contributed by atoms with Crippen LogP contribution in [0, 0.1) is 0 Å². The molecule has 0 bridgehead atoms. The summed E-state index contributed by atoms with van der Waals surface area (Å²) in [5.74, 6) is 0.279. The van der Waals surface area contributed by atoms with Gasteiger partial charge in [-0.05, 0) is 25.3 Å². The normalized spacial score (nSPS) is 28.1. The van der Waals surface area contributed by atoms with Crippen LogP contribution in [-0.2, 0) is 23.7 Å². The summed E-state index contributed by atoms with van der Waals surface area (Å²) in [4.78, 5) is 13.5. The van der Waals surface area contributed by atoms with Crippen LogP contribution in [0.25, 0.3) is 0 Å². The van der Waals surface area contributed by atoms with E-state index in [1.807, 2.05) is 31.4 Å². The summed E-state index contributed by atoms with van der Waals surface area (Å²) < 4.78 is 22.3. The number of rotatable bonds is 5. The third-order valence-corrected chi connectivity index (χ3v) is 4.74. The smallest absolute Gasteiger partial charge is 0.340 e. The predicted octanol–water partition coefficient (Wildman–Crippen LogP) is 3.18. The Hall–Kier alpha value is -1.37. The summed E-state index contributed by atoms with van der Waals surface area (Å²) in [5, 5.41) is 2.01. The Morgan fingerprint density at radius 2 is 2.00 bits per heavy atom. The Balaban J connectivity index is 1.92. The van der Waals surface area contributed by atoms with Crippen LogP contribution in [0.15, 0.2) is 28.8 Å². The van der Waals surface area contributed by atoms with Crippen molar-refractivity contribution in [3.05, 3.63) is 33.7 Å². The van der Waals surface area contributed by atoms with Crippen LogP contribution >= 0.6 is 11.3 Å². The van der Waals surface area contributed by atoms with Crippen LogP contribution in [0.2, 0.25) is 0 Å². The summed E-state index contributed by atoms with van der Waals surface area (Å²) >= 11 is 1.63. The molecular formula is C16H20O5S. The van der Waals surface area contributed by atoms with Crippen molar-refractivity contribution >= 4 is 17.3 Å². The second kappa shape index (κ2) is 6.81. The van der Waals surface area contributed by atoms with Crippen LogP contribution in [0.3, 0.4) is 0 Å². The summed E-state index contributed by atoms with van der Waals surface area (Å²) in [6, 6.07) is 4.03. The van der Waals surface area contributed by atoms with E-state index in [9.17, 15) is 4.79 Å². The van der Waals surface area contributed by atoms with Crippen molar-refractivity contribution in [1.82, 2.24) is 0 Å². The van der Waals surface area contributed by atoms with Crippen molar-refractivity contribution in [2.24, 2.45) is 0 Å². The molecule has 3 rings (SSSR count). The lowest BCUT2D eigenvalue weighted by Crippen LogP contribution is -2.37. The third-order valence-electron chi connectivity index (χ3n) is 3.75. The van der Waals surface area contributed by atoms with Gasteiger partial charge in [0.05, 0.1) is 12.0 Å². The first-order chi connectivity index (χ1) is 10.7. The van der Waals surface area contributed by atoms with E-state index in [1.165, 1.54) is 0 Å². The molecule has 3 atom stereocenters. The van der Waals surface area contributed by atoms with Crippen LogP contribution < -0.4 is 0 Å². The highest BCUT2D eigenvalue weighted by Crippen LogP contribution is 2.43. The minimum atomic E-state index is -0.569. The van der Waals surface area contributed by atoms with Gasteiger partial charge >= 0.3 is 5.97 Å². The topological polar surface area (TPSA) is 54.0 Å². The van der Waals surface area contributed by atoms with E-state index in [4.69, 9.17) is 18.9 Å². The Bertz CT molecular complexity index is 547. The molecule has 1 aromatic rings. The van der Waals surface area contributed by atoms with Gasteiger partial charge in [0.2, 0.25) is 6.29 Å². The molecule has 22 heavy (non-hydrogen) atoms. The average Bonchev–Trinajstić information content (AvgIpc) is 3.01. The van der Waals surface area contributed by atoms with E-state index in [1.54, 1.807) is 11.3 Å².